The fourth-order valence-electron chi connectivity index (χ4n) is 2.95. The third-order valence-electron chi connectivity index (χ3n) is 4.93. The Morgan fingerprint density at radius 3 is 2.38 bits per heavy atom. The highest BCUT2D eigenvalue weighted by Gasteiger charge is 2.28. The van der Waals surface area contributed by atoms with Crippen LogP contribution in [0.4, 0.5) is 0 Å². The van der Waals surface area contributed by atoms with Crippen LogP contribution in [-0.4, -0.2) is 0 Å². The van der Waals surface area contributed by atoms with E-state index >= 15 is 0 Å². The Balaban J connectivity index is 2.93. The topological polar surface area (TPSA) is 3.88 Å². The lowest BCUT2D eigenvalue weighted by Crippen LogP contribution is -2.34. The molecular weight excluding hydrogens is 254 g/mol. The van der Waals surface area contributed by atoms with Crippen molar-refractivity contribution in [2.24, 2.45) is 7.05 Å². The van der Waals surface area contributed by atoms with Crippen LogP contribution in [0.15, 0.2) is 36.5 Å². The van der Waals surface area contributed by atoms with Crippen LogP contribution in [-0.2, 0) is 12.5 Å². The van der Waals surface area contributed by atoms with Gasteiger partial charge in [0.25, 0.3) is 0 Å². The van der Waals surface area contributed by atoms with E-state index in [1.165, 1.54) is 0 Å². The second kappa shape index (κ2) is 6.01. The molecule has 0 aliphatic carbocycles. The Morgan fingerprint density at radius 1 is 1.14 bits per heavy atom. The second-order valence-corrected chi connectivity index (χ2v) is 6.15. The van der Waals surface area contributed by atoms with Crippen molar-refractivity contribution in [1.82, 2.24) is 0 Å². The Morgan fingerprint density at radius 2 is 1.81 bits per heavy atom. The van der Waals surface area contributed by atoms with Crippen LogP contribution in [0.1, 0.15) is 54.4 Å². The Kier molecular flexibility index (Phi) is 3.42. The molecule has 1 heterocycles. The molecule has 1 heteroatoms. The number of rotatable bonds is 4. The van der Waals surface area contributed by atoms with E-state index in [1.807, 2.05) is 55.1 Å². The zero-order valence-corrected chi connectivity index (χ0v) is 13.8. The highest BCUT2D eigenvalue weighted by Crippen LogP contribution is 2.36. The standard InChI is InChI=1S/C20H28N/c1-7-20(5,8-2)18-13-14-21(6)19(16(18)4)17-12-10-9-11-15(17)3/h9-14H,7-8H2,1-6H3/q+1/i4D3. The molecule has 0 aliphatic heterocycles. The summed E-state index contributed by atoms with van der Waals surface area (Å²) in [5.41, 5.74) is 4.18. The van der Waals surface area contributed by atoms with Crippen molar-refractivity contribution in [3.63, 3.8) is 0 Å². The van der Waals surface area contributed by atoms with E-state index in [0.29, 0.717) is 5.56 Å². The summed E-state index contributed by atoms with van der Waals surface area (Å²) in [5.74, 6) is 0. The summed E-state index contributed by atoms with van der Waals surface area (Å²) in [6, 6.07) is 10.00. The van der Waals surface area contributed by atoms with E-state index in [-0.39, 0.29) is 5.41 Å². The SMILES string of the molecule is [2H]C([2H])([2H])c1c(C(C)(CC)CC)cc[n+](C)c1-c1ccccc1C. The lowest BCUT2D eigenvalue weighted by Gasteiger charge is -2.29. The predicted molar refractivity (Wildman–Crippen MR) is 90.5 cm³/mol. The van der Waals surface area contributed by atoms with Crippen molar-refractivity contribution in [1.29, 1.82) is 0 Å². The highest BCUT2D eigenvalue weighted by atomic mass is 14.9. The number of pyridine rings is 1. The van der Waals surface area contributed by atoms with Crippen molar-refractivity contribution < 1.29 is 8.68 Å². The highest BCUT2D eigenvalue weighted by molar-refractivity contribution is 5.65. The average Bonchev–Trinajstić information content (AvgIpc) is 2.53. The maximum Gasteiger partial charge on any atom is 0.215 e. The first kappa shape index (κ1) is 12.0. The minimum Gasteiger partial charge on any atom is -0.201 e. The summed E-state index contributed by atoms with van der Waals surface area (Å²) in [6.07, 6.45) is 3.82. The monoisotopic (exact) mass is 285 g/mol. The number of aryl methyl sites for hydroxylation is 2. The van der Waals surface area contributed by atoms with Gasteiger partial charge in [0.2, 0.25) is 5.69 Å². The Bertz CT molecular complexity index is 728. The molecule has 1 aromatic carbocycles. The van der Waals surface area contributed by atoms with Gasteiger partial charge in [-0.1, -0.05) is 39.0 Å². The van der Waals surface area contributed by atoms with E-state index < -0.39 is 6.85 Å². The number of benzene rings is 1. The average molecular weight is 285 g/mol. The van der Waals surface area contributed by atoms with Gasteiger partial charge in [-0.05, 0) is 49.2 Å². The van der Waals surface area contributed by atoms with Gasteiger partial charge >= 0.3 is 0 Å². The fourth-order valence-corrected chi connectivity index (χ4v) is 2.95. The molecule has 0 bridgehead atoms. The Hall–Kier alpha value is -1.63. The van der Waals surface area contributed by atoms with Gasteiger partial charge in [-0.15, -0.1) is 0 Å². The molecule has 0 atom stereocenters. The van der Waals surface area contributed by atoms with Gasteiger partial charge in [0.1, 0.15) is 7.05 Å². The fraction of sp³-hybridized carbons (Fsp3) is 0.450. The molecule has 0 fully saturated rings. The summed E-state index contributed by atoms with van der Waals surface area (Å²) in [6.45, 7) is 6.31. The lowest BCUT2D eigenvalue weighted by atomic mass is 9.75. The zero-order chi connectivity index (χ0) is 18.1. The minimum absolute atomic E-state index is 0.143. The maximum absolute atomic E-state index is 8.22. The molecule has 0 radical (unpaired) electrons. The van der Waals surface area contributed by atoms with Crippen molar-refractivity contribution in [3.8, 4) is 11.3 Å². The van der Waals surface area contributed by atoms with E-state index in [1.54, 1.807) is 0 Å². The van der Waals surface area contributed by atoms with Gasteiger partial charge in [0.05, 0.1) is 0 Å². The summed E-state index contributed by atoms with van der Waals surface area (Å²) in [7, 11) is 1.93. The molecule has 2 rings (SSSR count). The number of aromatic nitrogens is 1. The molecule has 0 saturated heterocycles. The smallest absolute Gasteiger partial charge is 0.201 e. The lowest BCUT2D eigenvalue weighted by molar-refractivity contribution is -0.660. The number of hydrogen-bond donors (Lipinski definition) is 0. The van der Waals surface area contributed by atoms with Gasteiger partial charge in [0.15, 0.2) is 6.20 Å². The van der Waals surface area contributed by atoms with Crippen LogP contribution in [0.3, 0.4) is 0 Å². The third kappa shape index (κ3) is 2.74. The minimum atomic E-state index is -2.16. The van der Waals surface area contributed by atoms with Crippen molar-refractivity contribution in [3.05, 3.63) is 53.2 Å². The van der Waals surface area contributed by atoms with Crippen LogP contribution in [0.2, 0.25) is 0 Å². The van der Waals surface area contributed by atoms with Gasteiger partial charge in [-0.25, -0.2) is 4.57 Å². The van der Waals surface area contributed by atoms with Gasteiger partial charge in [-0.2, -0.15) is 0 Å². The van der Waals surface area contributed by atoms with Crippen LogP contribution >= 0.6 is 0 Å². The molecule has 0 N–H and O–H groups in total. The number of hydrogen-bond acceptors (Lipinski definition) is 0. The van der Waals surface area contributed by atoms with Gasteiger partial charge < -0.3 is 0 Å². The molecule has 0 unspecified atom stereocenters. The summed E-state index contributed by atoms with van der Waals surface area (Å²) >= 11 is 0. The van der Waals surface area contributed by atoms with Crippen LogP contribution in [0.25, 0.3) is 11.3 Å². The molecule has 1 aromatic heterocycles. The molecule has 0 saturated carbocycles. The van der Waals surface area contributed by atoms with E-state index in [2.05, 4.69) is 20.8 Å². The molecule has 0 aliphatic rings. The van der Waals surface area contributed by atoms with Crippen molar-refractivity contribution >= 4 is 0 Å². The largest absolute Gasteiger partial charge is 0.215 e. The first-order chi connectivity index (χ1) is 11.2. The summed E-state index contributed by atoms with van der Waals surface area (Å²) in [4.78, 5) is 0. The molecule has 1 nitrogen and oxygen atoms in total. The van der Waals surface area contributed by atoms with Crippen molar-refractivity contribution in [2.75, 3.05) is 0 Å². The predicted octanol–water partition coefficient (Wildman–Crippen LogP) is 4.87. The Labute approximate surface area is 133 Å². The van der Waals surface area contributed by atoms with Gasteiger partial charge in [-0.3, -0.25) is 0 Å². The second-order valence-electron chi connectivity index (χ2n) is 6.15. The first-order valence-electron chi connectivity index (χ1n) is 9.25. The quantitative estimate of drug-likeness (QED) is 0.705. The van der Waals surface area contributed by atoms with E-state index in [4.69, 9.17) is 4.11 Å². The molecule has 21 heavy (non-hydrogen) atoms. The zero-order valence-electron chi connectivity index (χ0n) is 16.8. The van der Waals surface area contributed by atoms with E-state index in [9.17, 15) is 0 Å². The normalized spacial score (nSPS) is 14.4. The van der Waals surface area contributed by atoms with Gasteiger partial charge in [0, 0.05) is 21.3 Å². The summed E-state index contributed by atoms with van der Waals surface area (Å²) < 4.78 is 26.6. The van der Waals surface area contributed by atoms with Crippen LogP contribution < -0.4 is 4.57 Å². The maximum atomic E-state index is 8.22. The first-order valence-corrected chi connectivity index (χ1v) is 7.75. The number of nitrogens with zero attached hydrogens (tertiary/aromatic N) is 1. The third-order valence-corrected chi connectivity index (χ3v) is 4.93. The molecule has 0 amide bonds. The summed E-state index contributed by atoms with van der Waals surface area (Å²) in [5, 5.41) is 0. The van der Waals surface area contributed by atoms with Crippen molar-refractivity contribution in [2.45, 2.75) is 52.8 Å². The van der Waals surface area contributed by atoms with Crippen LogP contribution in [0.5, 0.6) is 0 Å². The molecule has 0 spiro atoms. The van der Waals surface area contributed by atoms with E-state index in [0.717, 1.165) is 35.2 Å². The van der Waals surface area contributed by atoms with Crippen LogP contribution in [0, 0.1) is 13.8 Å². The molecular formula is C20H28N+. The molecule has 2 aromatic rings. The molecule has 112 valence electrons.